The number of esters is 1. The molecule has 0 aliphatic heterocycles. The average molecular weight is 365 g/mol. The van der Waals surface area contributed by atoms with E-state index in [0.29, 0.717) is 18.5 Å². The average Bonchev–Trinajstić information content (AvgIpc) is 2.68. The summed E-state index contributed by atoms with van der Waals surface area (Å²) >= 11 is 0. The molecule has 0 aliphatic carbocycles. The van der Waals surface area contributed by atoms with E-state index in [1.807, 2.05) is 30.3 Å². The molecule has 0 aromatic heterocycles. The molecular formula is C22H20FNO3. The van der Waals surface area contributed by atoms with Crippen molar-refractivity contribution in [2.24, 2.45) is 0 Å². The SMILES string of the molecule is C[C@H](OC(=O)c1cccc2ccccc12)C(=O)NCCc1ccc(F)cc1. The molecular weight excluding hydrogens is 345 g/mol. The molecule has 3 rings (SSSR count). The standard InChI is InChI=1S/C22H20FNO3/c1-15(21(25)24-14-13-16-9-11-18(23)12-10-16)27-22(26)20-8-4-6-17-5-2-3-7-19(17)20/h2-12,15H,13-14H2,1H3,(H,24,25)/t15-/m0/s1. The van der Waals surface area contributed by atoms with Crippen molar-refractivity contribution in [2.75, 3.05) is 6.54 Å². The smallest absolute Gasteiger partial charge is 0.339 e. The Balaban J connectivity index is 1.55. The van der Waals surface area contributed by atoms with Crippen LogP contribution in [-0.2, 0) is 16.0 Å². The lowest BCUT2D eigenvalue weighted by molar-refractivity contribution is -0.129. The van der Waals surface area contributed by atoms with Crippen LogP contribution in [0.5, 0.6) is 0 Å². The third kappa shape index (κ3) is 4.70. The molecule has 138 valence electrons. The predicted octanol–water partition coefficient (Wildman–Crippen LogP) is 3.88. The Bertz CT molecular complexity index is 948. The van der Waals surface area contributed by atoms with E-state index in [9.17, 15) is 14.0 Å². The predicted molar refractivity (Wildman–Crippen MR) is 102 cm³/mol. The minimum Gasteiger partial charge on any atom is -0.449 e. The molecule has 5 heteroatoms. The number of rotatable bonds is 6. The molecule has 0 unspecified atom stereocenters. The molecule has 0 aliphatic rings. The van der Waals surface area contributed by atoms with E-state index >= 15 is 0 Å². The summed E-state index contributed by atoms with van der Waals surface area (Å²) in [7, 11) is 0. The molecule has 1 N–H and O–H groups in total. The molecule has 3 aromatic rings. The van der Waals surface area contributed by atoms with E-state index < -0.39 is 12.1 Å². The van der Waals surface area contributed by atoms with Gasteiger partial charge in [0.1, 0.15) is 5.82 Å². The lowest BCUT2D eigenvalue weighted by Gasteiger charge is -2.14. The second-order valence-corrected chi connectivity index (χ2v) is 6.24. The number of carbonyl (C=O) groups is 2. The van der Waals surface area contributed by atoms with Gasteiger partial charge in [-0.05, 0) is 47.9 Å². The second kappa shape index (κ2) is 8.45. The van der Waals surface area contributed by atoms with Gasteiger partial charge in [0.05, 0.1) is 5.56 Å². The molecule has 1 amide bonds. The Hall–Kier alpha value is -3.21. The van der Waals surface area contributed by atoms with E-state index in [0.717, 1.165) is 16.3 Å². The number of hydrogen-bond donors (Lipinski definition) is 1. The zero-order chi connectivity index (χ0) is 19.2. The summed E-state index contributed by atoms with van der Waals surface area (Å²) < 4.78 is 18.2. The molecule has 27 heavy (non-hydrogen) atoms. The first-order chi connectivity index (χ1) is 13.0. The minimum absolute atomic E-state index is 0.295. The van der Waals surface area contributed by atoms with Crippen molar-refractivity contribution in [1.82, 2.24) is 5.32 Å². The van der Waals surface area contributed by atoms with Crippen LogP contribution in [0.25, 0.3) is 10.8 Å². The highest BCUT2D eigenvalue weighted by atomic mass is 19.1. The van der Waals surface area contributed by atoms with Crippen molar-refractivity contribution in [3.05, 3.63) is 83.7 Å². The number of ether oxygens (including phenoxy) is 1. The number of benzene rings is 3. The number of fused-ring (bicyclic) bond motifs is 1. The number of amides is 1. The lowest BCUT2D eigenvalue weighted by Crippen LogP contribution is -2.36. The van der Waals surface area contributed by atoms with Crippen LogP contribution in [0.4, 0.5) is 4.39 Å². The first-order valence-electron chi connectivity index (χ1n) is 8.75. The Morgan fingerprint density at radius 2 is 1.70 bits per heavy atom. The minimum atomic E-state index is -0.912. The van der Waals surface area contributed by atoms with Crippen LogP contribution in [-0.4, -0.2) is 24.5 Å². The largest absolute Gasteiger partial charge is 0.449 e. The van der Waals surface area contributed by atoms with E-state index in [4.69, 9.17) is 4.74 Å². The zero-order valence-electron chi connectivity index (χ0n) is 14.9. The van der Waals surface area contributed by atoms with Crippen molar-refractivity contribution < 1.29 is 18.7 Å². The summed E-state index contributed by atoms with van der Waals surface area (Å²) in [6.07, 6.45) is -0.347. The number of nitrogens with one attached hydrogen (secondary N) is 1. The van der Waals surface area contributed by atoms with Gasteiger partial charge in [0, 0.05) is 6.54 Å². The summed E-state index contributed by atoms with van der Waals surface area (Å²) in [5.74, 6) is -1.20. The molecule has 0 saturated carbocycles. The topological polar surface area (TPSA) is 55.4 Å². The number of carbonyl (C=O) groups excluding carboxylic acids is 2. The van der Waals surface area contributed by atoms with Crippen LogP contribution in [0, 0.1) is 5.82 Å². The third-order valence-electron chi connectivity index (χ3n) is 4.29. The molecule has 0 radical (unpaired) electrons. The normalized spacial score (nSPS) is 11.8. The van der Waals surface area contributed by atoms with Gasteiger partial charge in [-0.25, -0.2) is 9.18 Å². The maximum Gasteiger partial charge on any atom is 0.339 e. The van der Waals surface area contributed by atoms with Crippen LogP contribution in [0.2, 0.25) is 0 Å². The third-order valence-corrected chi connectivity index (χ3v) is 4.29. The van der Waals surface area contributed by atoms with Crippen LogP contribution < -0.4 is 5.32 Å². The van der Waals surface area contributed by atoms with Gasteiger partial charge in [-0.15, -0.1) is 0 Å². The van der Waals surface area contributed by atoms with E-state index in [1.54, 1.807) is 24.3 Å². The highest BCUT2D eigenvalue weighted by molar-refractivity contribution is 6.05. The Labute approximate surface area is 157 Å². The second-order valence-electron chi connectivity index (χ2n) is 6.24. The summed E-state index contributed by atoms with van der Waals surface area (Å²) in [6.45, 7) is 1.91. The van der Waals surface area contributed by atoms with E-state index in [-0.39, 0.29) is 11.7 Å². The van der Waals surface area contributed by atoms with Crippen molar-refractivity contribution in [3.8, 4) is 0 Å². The van der Waals surface area contributed by atoms with Gasteiger partial charge >= 0.3 is 5.97 Å². The van der Waals surface area contributed by atoms with Gasteiger partial charge in [-0.2, -0.15) is 0 Å². The fourth-order valence-electron chi connectivity index (χ4n) is 2.81. The molecule has 0 bridgehead atoms. The van der Waals surface area contributed by atoms with Crippen LogP contribution in [0.15, 0.2) is 66.7 Å². The monoisotopic (exact) mass is 365 g/mol. The van der Waals surface area contributed by atoms with Crippen LogP contribution >= 0.6 is 0 Å². The highest BCUT2D eigenvalue weighted by Crippen LogP contribution is 2.19. The molecule has 0 saturated heterocycles. The number of hydrogen-bond acceptors (Lipinski definition) is 3. The lowest BCUT2D eigenvalue weighted by atomic mass is 10.0. The fourth-order valence-corrected chi connectivity index (χ4v) is 2.81. The van der Waals surface area contributed by atoms with Crippen molar-refractivity contribution in [1.29, 1.82) is 0 Å². The Morgan fingerprint density at radius 1 is 1.00 bits per heavy atom. The maximum atomic E-state index is 12.9. The zero-order valence-corrected chi connectivity index (χ0v) is 14.9. The van der Waals surface area contributed by atoms with Crippen molar-refractivity contribution in [2.45, 2.75) is 19.4 Å². The van der Waals surface area contributed by atoms with Gasteiger partial charge in [-0.3, -0.25) is 4.79 Å². The molecule has 4 nitrogen and oxygen atoms in total. The maximum absolute atomic E-state index is 12.9. The summed E-state index contributed by atoms with van der Waals surface area (Å²) in [5, 5.41) is 4.45. The summed E-state index contributed by atoms with van der Waals surface area (Å²) in [5.41, 5.74) is 1.34. The first kappa shape index (κ1) is 18.6. The highest BCUT2D eigenvalue weighted by Gasteiger charge is 2.19. The van der Waals surface area contributed by atoms with Gasteiger partial charge in [-0.1, -0.05) is 48.5 Å². The Morgan fingerprint density at radius 3 is 2.48 bits per heavy atom. The Kier molecular flexibility index (Phi) is 5.81. The van der Waals surface area contributed by atoms with Crippen molar-refractivity contribution in [3.63, 3.8) is 0 Å². The molecule has 0 spiro atoms. The van der Waals surface area contributed by atoms with Gasteiger partial charge < -0.3 is 10.1 Å². The van der Waals surface area contributed by atoms with Gasteiger partial charge in [0.15, 0.2) is 6.10 Å². The fraction of sp³-hybridized carbons (Fsp3) is 0.182. The van der Waals surface area contributed by atoms with Gasteiger partial charge in [0.25, 0.3) is 5.91 Å². The number of halogens is 1. The van der Waals surface area contributed by atoms with Crippen molar-refractivity contribution >= 4 is 22.6 Å². The summed E-state index contributed by atoms with van der Waals surface area (Å²) in [6, 6.07) is 19.0. The van der Waals surface area contributed by atoms with E-state index in [2.05, 4.69) is 5.32 Å². The molecule has 0 heterocycles. The van der Waals surface area contributed by atoms with E-state index in [1.165, 1.54) is 19.1 Å². The quantitative estimate of drug-likeness (QED) is 0.675. The first-order valence-corrected chi connectivity index (χ1v) is 8.75. The molecule has 0 fully saturated rings. The van der Waals surface area contributed by atoms with Crippen LogP contribution in [0.3, 0.4) is 0 Å². The molecule has 1 atom stereocenters. The molecule has 3 aromatic carbocycles. The summed E-state index contributed by atoms with van der Waals surface area (Å²) in [4.78, 5) is 24.6. The van der Waals surface area contributed by atoms with Crippen LogP contribution in [0.1, 0.15) is 22.8 Å². The van der Waals surface area contributed by atoms with Gasteiger partial charge in [0.2, 0.25) is 0 Å².